The Hall–Kier alpha value is -1.13. The molecule has 1 N–H and O–H groups in total. The van der Waals surface area contributed by atoms with Crippen LogP contribution in [0, 0.1) is 0 Å². The fourth-order valence-electron chi connectivity index (χ4n) is 2.57. The normalized spacial score (nSPS) is 18.8. The Bertz CT molecular complexity index is 690. The molecule has 0 spiro atoms. The van der Waals surface area contributed by atoms with Gasteiger partial charge in [-0.05, 0) is 12.8 Å². The Morgan fingerprint density at radius 2 is 2.32 bits per heavy atom. The molecule has 0 saturated carbocycles. The van der Waals surface area contributed by atoms with Gasteiger partial charge in [0.05, 0.1) is 17.3 Å². The standard InChI is InChI=1S/C15H24N4O3S3/c1-3-5-8-19(12-6-9-25(21,22)11-12)13(20)10-23-15-18-17-14(24-15)16-7-4-2/h4,12H,2-3,5-11H2,1H3,(H,16,17)/t12-/m0/s1. The van der Waals surface area contributed by atoms with Crippen molar-refractivity contribution in [3.8, 4) is 0 Å². The van der Waals surface area contributed by atoms with Crippen LogP contribution in [0.1, 0.15) is 26.2 Å². The summed E-state index contributed by atoms with van der Waals surface area (Å²) in [7, 11) is -3.01. The van der Waals surface area contributed by atoms with Crippen LogP contribution in [0.15, 0.2) is 17.0 Å². The third kappa shape index (κ3) is 6.27. The van der Waals surface area contributed by atoms with E-state index in [1.54, 1.807) is 11.0 Å². The summed E-state index contributed by atoms with van der Waals surface area (Å²) in [6, 6.07) is -0.191. The van der Waals surface area contributed by atoms with Crippen LogP contribution in [0.4, 0.5) is 5.13 Å². The summed E-state index contributed by atoms with van der Waals surface area (Å²) in [6.07, 6.45) is 4.11. The van der Waals surface area contributed by atoms with Crippen molar-refractivity contribution in [1.29, 1.82) is 0 Å². The fraction of sp³-hybridized carbons (Fsp3) is 0.667. The lowest BCUT2D eigenvalue weighted by Crippen LogP contribution is -2.42. The molecule has 10 heteroatoms. The number of amides is 1. The molecule has 1 amide bonds. The van der Waals surface area contributed by atoms with Crippen molar-refractivity contribution in [1.82, 2.24) is 15.1 Å². The van der Waals surface area contributed by atoms with Crippen molar-refractivity contribution in [3.05, 3.63) is 12.7 Å². The SMILES string of the molecule is C=CCNc1nnc(SCC(=O)N(CCCC)[C@H]2CCS(=O)(=O)C2)s1. The Morgan fingerprint density at radius 1 is 1.52 bits per heavy atom. The zero-order valence-electron chi connectivity index (χ0n) is 14.3. The van der Waals surface area contributed by atoms with E-state index in [-0.39, 0.29) is 29.2 Å². The van der Waals surface area contributed by atoms with Gasteiger partial charge in [0.25, 0.3) is 0 Å². The van der Waals surface area contributed by atoms with E-state index in [0.717, 1.165) is 17.2 Å². The average molecular weight is 405 g/mol. The van der Waals surface area contributed by atoms with E-state index < -0.39 is 9.84 Å². The lowest BCUT2D eigenvalue weighted by atomic mass is 10.2. The van der Waals surface area contributed by atoms with Crippen molar-refractivity contribution in [2.75, 3.05) is 35.7 Å². The first kappa shape index (κ1) is 20.2. The number of unbranched alkanes of at least 4 members (excludes halogenated alkanes) is 1. The van der Waals surface area contributed by atoms with Crippen LogP contribution in [-0.2, 0) is 14.6 Å². The third-order valence-electron chi connectivity index (χ3n) is 3.85. The summed E-state index contributed by atoms with van der Waals surface area (Å²) in [5.41, 5.74) is 0. The number of nitrogens with one attached hydrogen (secondary N) is 1. The smallest absolute Gasteiger partial charge is 0.233 e. The summed E-state index contributed by atoms with van der Waals surface area (Å²) in [5.74, 6) is 0.476. The summed E-state index contributed by atoms with van der Waals surface area (Å²) >= 11 is 2.73. The Morgan fingerprint density at radius 3 is 2.96 bits per heavy atom. The molecule has 1 atom stereocenters. The molecule has 25 heavy (non-hydrogen) atoms. The second kappa shape index (κ2) is 9.54. The number of thioether (sulfide) groups is 1. The Labute approximate surface area is 157 Å². The molecule has 1 aromatic rings. The van der Waals surface area contributed by atoms with Crippen molar-refractivity contribution >= 4 is 44.0 Å². The van der Waals surface area contributed by atoms with Crippen LogP contribution < -0.4 is 5.32 Å². The van der Waals surface area contributed by atoms with E-state index in [1.807, 2.05) is 0 Å². The zero-order valence-corrected chi connectivity index (χ0v) is 16.8. The van der Waals surface area contributed by atoms with E-state index in [9.17, 15) is 13.2 Å². The van der Waals surface area contributed by atoms with Gasteiger partial charge in [-0.15, -0.1) is 16.8 Å². The van der Waals surface area contributed by atoms with E-state index >= 15 is 0 Å². The summed E-state index contributed by atoms with van der Waals surface area (Å²) in [4.78, 5) is 14.4. The maximum absolute atomic E-state index is 12.6. The lowest BCUT2D eigenvalue weighted by Gasteiger charge is -2.28. The average Bonchev–Trinajstić information content (AvgIpc) is 3.17. The number of hydrogen-bond donors (Lipinski definition) is 1. The molecular weight excluding hydrogens is 380 g/mol. The van der Waals surface area contributed by atoms with Crippen LogP contribution in [0.3, 0.4) is 0 Å². The molecule has 1 aromatic heterocycles. The minimum Gasteiger partial charge on any atom is -0.357 e. The van der Waals surface area contributed by atoms with Gasteiger partial charge < -0.3 is 10.2 Å². The van der Waals surface area contributed by atoms with E-state index in [1.165, 1.54) is 23.1 Å². The van der Waals surface area contributed by atoms with Gasteiger partial charge in [0.15, 0.2) is 14.2 Å². The van der Waals surface area contributed by atoms with Crippen molar-refractivity contribution in [2.45, 2.75) is 36.6 Å². The first-order valence-corrected chi connectivity index (χ1v) is 11.9. The highest BCUT2D eigenvalue weighted by Gasteiger charge is 2.34. The fourth-order valence-corrected chi connectivity index (χ4v) is 5.94. The second-order valence-electron chi connectivity index (χ2n) is 5.83. The van der Waals surface area contributed by atoms with E-state index in [0.29, 0.717) is 24.6 Å². The number of anilines is 1. The van der Waals surface area contributed by atoms with Crippen molar-refractivity contribution in [3.63, 3.8) is 0 Å². The van der Waals surface area contributed by atoms with Crippen LogP contribution in [0.5, 0.6) is 0 Å². The number of aromatic nitrogens is 2. The number of nitrogens with zero attached hydrogens (tertiary/aromatic N) is 3. The molecule has 1 fully saturated rings. The van der Waals surface area contributed by atoms with Crippen LogP contribution in [0.2, 0.25) is 0 Å². The summed E-state index contributed by atoms with van der Waals surface area (Å²) < 4.78 is 24.2. The maximum Gasteiger partial charge on any atom is 0.233 e. The van der Waals surface area contributed by atoms with Crippen molar-refractivity contribution < 1.29 is 13.2 Å². The molecule has 140 valence electrons. The molecule has 2 heterocycles. The molecule has 2 rings (SSSR count). The molecule has 1 saturated heterocycles. The first-order valence-electron chi connectivity index (χ1n) is 8.26. The molecule has 7 nitrogen and oxygen atoms in total. The van der Waals surface area contributed by atoms with Gasteiger partial charge in [-0.1, -0.05) is 42.5 Å². The predicted octanol–water partition coefficient (Wildman–Crippen LogP) is 2.04. The van der Waals surface area contributed by atoms with Gasteiger partial charge in [0, 0.05) is 19.1 Å². The van der Waals surface area contributed by atoms with Gasteiger partial charge in [-0.2, -0.15) is 0 Å². The van der Waals surface area contributed by atoms with Crippen LogP contribution in [0.25, 0.3) is 0 Å². The topological polar surface area (TPSA) is 92.3 Å². The highest BCUT2D eigenvalue weighted by Crippen LogP contribution is 2.26. The quantitative estimate of drug-likeness (QED) is 0.471. The largest absolute Gasteiger partial charge is 0.357 e. The molecule has 0 radical (unpaired) electrons. The van der Waals surface area contributed by atoms with Gasteiger partial charge >= 0.3 is 0 Å². The van der Waals surface area contributed by atoms with Gasteiger partial charge in [-0.3, -0.25) is 4.79 Å². The Balaban J connectivity index is 1.92. The number of sulfone groups is 1. The molecule has 1 aliphatic heterocycles. The molecule has 0 aliphatic carbocycles. The monoisotopic (exact) mass is 404 g/mol. The molecular formula is C15H24N4O3S3. The Kier molecular flexibility index (Phi) is 7.70. The molecule has 0 unspecified atom stereocenters. The maximum atomic E-state index is 12.6. The zero-order chi connectivity index (χ0) is 18.3. The highest BCUT2D eigenvalue weighted by molar-refractivity contribution is 8.01. The number of carbonyl (C=O) groups excluding carboxylic acids is 1. The minimum atomic E-state index is -3.01. The van der Waals surface area contributed by atoms with E-state index in [4.69, 9.17) is 0 Å². The van der Waals surface area contributed by atoms with Gasteiger partial charge in [-0.25, -0.2) is 8.42 Å². The molecule has 1 aliphatic rings. The second-order valence-corrected chi connectivity index (χ2v) is 10.3. The highest BCUT2D eigenvalue weighted by atomic mass is 32.2. The number of rotatable bonds is 10. The summed E-state index contributed by atoms with van der Waals surface area (Å²) in [5, 5.41) is 11.8. The van der Waals surface area contributed by atoms with Crippen LogP contribution >= 0.6 is 23.1 Å². The van der Waals surface area contributed by atoms with Crippen LogP contribution in [-0.4, -0.2) is 65.8 Å². The number of carbonyl (C=O) groups is 1. The first-order chi connectivity index (χ1) is 11.9. The van der Waals surface area contributed by atoms with Crippen molar-refractivity contribution in [2.24, 2.45) is 0 Å². The lowest BCUT2D eigenvalue weighted by molar-refractivity contribution is -0.130. The number of hydrogen-bond acceptors (Lipinski definition) is 8. The molecule has 0 aromatic carbocycles. The van der Waals surface area contributed by atoms with Gasteiger partial charge in [0.2, 0.25) is 11.0 Å². The van der Waals surface area contributed by atoms with E-state index in [2.05, 4.69) is 29.0 Å². The summed E-state index contributed by atoms with van der Waals surface area (Å²) in [6.45, 7) is 6.91. The molecule has 0 bridgehead atoms. The minimum absolute atomic E-state index is 0.0312. The predicted molar refractivity (Wildman–Crippen MR) is 103 cm³/mol. The third-order valence-corrected chi connectivity index (χ3v) is 7.59. The van der Waals surface area contributed by atoms with Gasteiger partial charge in [0.1, 0.15) is 0 Å².